The van der Waals surface area contributed by atoms with E-state index >= 15 is 0 Å². The fourth-order valence-electron chi connectivity index (χ4n) is 6.49. The van der Waals surface area contributed by atoms with E-state index in [4.69, 9.17) is 23.4 Å². The number of carbonyl (C=O) groups is 1. The molecular formula is C36H44B2O6. The molecule has 8 heteroatoms. The average molecular weight is 594 g/mol. The standard InChI is InChI=1S/C36H44B2O6/c1-12-40-31(39)28-19-23(14-13-22(28)2)36(11)29-20-24(37-41-32(3,4)33(5,6)42-37)15-17-26(29)27-18-16-25(21-30(27)36)38-43-34(7,8)35(9,10)44-38/h13-21H,12H2,1-11H3. The van der Waals surface area contributed by atoms with Crippen molar-refractivity contribution in [3.63, 3.8) is 0 Å². The van der Waals surface area contributed by atoms with E-state index in [1.807, 2.05) is 26.0 Å². The Morgan fingerprint density at radius 3 is 1.50 bits per heavy atom. The van der Waals surface area contributed by atoms with Gasteiger partial charge < -0.3 is 23.4 Å². The zero-order valence-corrected chi connectivity index (χ0v) is 28.0. The van der Waals surface area contributed by atoms with Crippen molar-refractivity contribution in [3.8, 4) is 11.1 Å². The second-order valence-corrected chi connectivity index (χ2v) is 14.7. The summed E-state index contributed by atoms with van der Waals surface area (Å²) in [6.07, 6.45) is 0. The van der Waals surface area contributed by atoms with Gasteiger partial charge in [0.05, 0.1) is 34.6 Å². The lowest BCUT2D eigenvalue weighted by Gasteiger charge is -2.32. The van der Waals surface area contributed by atoms with E-state index in [1.54, 1.807) is 0 Å². The molecule has 230 valence electrons. The molecule has 2 saturated heterocycles. The van der Waals surface area contributed by atoms with E-state index in [-0.39, 0.29) is 5.97 Å². The molecule has 6 rings (SSSR count). The lowest BCUT2D eigenvalue weighted by Crippen LogP contribution is -2.41. The Bertz CT molecular complexity index is 1540. The van der Waals surface area contributed by atoms with Crippen molar-refractivity contribution in [1.29, 1.82) is 0 Å². The predicted octanol–water partition coefficient (Wildman–Crippen LogP) is 6.10. The van der Waals surface area contributed by atoms with Crippen LogP contribution in [0.25, 0.3) is 11.1 Å². The summed E-state index contributed by atoms with van der Waals surface area (Å²) in [6.45, 7) is 22.9. The smallest absolute Gasteiger partial charge is 0.462 e. The van der Waals surface area contributed by atoms with Crippen LogP contribution in [0.4, 0.5) is 0 Å². The number of benzene rings is 3. The Morgan fingerprint density at radius 1 is 0.659 bits per heavy atom. The Balaban J connectivity index is 1.52. The minimum atomic E-state index is -0.598. The van der Waals surface area contributed by atoms with Crippen LogP contribution >= 0.6 is 0 Å². The molecule has 0 amide bonds. The van der Waals surface area contributed by atoms with Gasteiger partial charge in [0.15, 0.2) is 0 Å². The van der Waals surface area contributed by atoms with E-state index in [1.165, 1.54) is 0 Å². The molecule has 2 heterocycles. The Morgan fingerprint density at radius 2 is 1.09 bits per heavy atom. The molecule has 6 nitrogen and oxygen atoms in total. The number of esters is 1. The summed E-state index contributed by atoms with van der Waals surface area (Å²) >= 11 is 0. The summed E-state index contributed by atoms with van der Waals surface area (Å²) in [7, 11) is -0.988. The number of ether oxygens (including phenoxy) is 1. The zero-order chi connectivity index (χ0) is 32.0. The third kappa shape index (κ3) is 4.60. The topological polar surface area (TPSA) is 63.2 Å². The predicted molar refractivity (Wildman–Crippen MR) is 176 cm³/mol. The SMILES string of the molecule is CCOC(=O)c1cc(C2(C)c3cc(B4OC(C)(C)C(C)(C)O4)ccc3-c3ccc(B4OC(C)(C)C(C)(C)O4)cc32)ccc1C. The van der Waals surface area contributed by atoms with E-state index in [2.05, 4.69) is 105 Å². The zero-order valence-electron chi connectivity index (χ0n) is 28.0. The van der Waals surface area contributed by atoms with E-state index in [9.17, 15) is 4.79 Å². The molecule has 1 aliphatic carbocycles. The molecule has 0 unspecified atom stereocenters. The first kappa shape index (κ1) is 31.1. The number of rotatable bonds is 5. The first-order chi connectivity index (χ1) is 20.4. The van der Waals surface area contributed by atoms with Crippen LogP contribution in [0.2, 0.25) is 0 Å². The quantitative estimate of drug-likeness (QED) is 0.263. The van der Waals surface area contributed by atoms with Gasteiger partial charge in [-0.1, -0.05) is 48.5 Å². The molecule has 0 radical (unpaired) electrons. The highest BCUT2D eigenvalue weighted by Crippen LogP contribution is 2.52. The number of hydrogen-bond donors (Lipinski definition) is 0. The van der Waals surface area contributed by atoms with Gasteiger partial charge in [-0.15, -0.1) is 0 Å². The van der Waals surface area contributed by atoms with Crippen LogP contribution in [-0.2, 0) is 28.8 Å². The number of aryl methyl sites for hydroxylation is 1. The maximum absolute atomic E-state index is 13.0. The van der Waals surface area contributed by atoms with Gasteiger partial charge in [0.2, 0.25) is 0 Å². The van der Waals surface area contributed by atoms with Crippen molar-refractivity contribution in [1.82, 2.24) is 0 Å². The summed E-state index contributed by atoms with van der Waals surface area (Å²) in [5.41, 5.74) is 6.52. The lowest BCUT2D eigenvalue weighted by molar-refractivity contribution is 0.00578. The van der Waals surface area contributed by atoms with E-state index in [0.29, 0.717) is 12.2 Å². The minimum absolute atomic E-state index is 0.314. The maximum atomic E-state index is 13.0. The first-order valence-electron chi connectivity index (χ1n) is 15.7. The largest absolute Gasteiger partial charge is 0.494 e. The fraction of sp³-hybridized carbons (Fsp3) is 0.472. The van der Waals surface area contributed by atoms with Crippen LogP contribution in [-0.4, -0.2) is 49.2 Å². The second kappa shape index (κ2) is 10.1. The normalized spacial score (nSPS) is 21.7. The summed E-state index contributed by atoms with van der Waals surface area (Å²) in [5.74, 6) is -0.314. The van der Waals surface area contributed by atoms with Gasteiger partial charge in [-0.3, -0.25) is 0 Å². The molecule has 2 aliphatic heterocycles. The molecule has 0 N–H and O–H groups in total. The number of fused-ring (bicyclic) bond motifs is 3. The second-order valence-electron chi connectivity index (χ2n) is 14.7. The van der Waals surface area contributed by atoms with Crippen LogP contribution in [0.5, 0.6) is 0 Å². The molecule has 3 aliphatic rings. The summed E-state index contributed by atoms with van der Waals surface area (Å²) in [6, 6.07) is 19.1. The lowest BCUT2D eigenvalue weighted by atomic mass is 9.69. The number of carbonyl (C=O) groups excluding carboxylic acids is 1. The van der Waals surface area contributed by atoms with Gasteiger partial charge in [-0.05, 0) is 127 Å². The molecule has 0 spiro atoms. The van der Waals surface area contributed by atoms with Gasteiger partial charge >= 0.3 is 20.2 Å². The van der Waals surface area contributed by atoms with Crippen LogP contribution in [0.15, 0.2) is 54.6 Å². The van der Waals surface area contributed by atoms with Crippen molar-refractivity contribution < 1.29 is 28.1 Å². The summed E-state index contributed by atoms with van der Waals surface area (Å²) < 4.78 is 31.3. The molecular weight excluding hydrogens is 550 g/mol. The van der Waals surface area contributed by atoms with E-state index in [0.717, 1.165) is 44.3 Å². The Kier molecular flexibility index (Phi) is 7.10. The molecule has 0 aromatic heterocycles. The fourth-order valence-corrected chi connectivity index (χ4v) is 6.49. The highest BCUT2D eigenvalue weighted by molar-refractivity contribution is 6.62. The average Bonchev–Trinajstić information content (AvgIpc) is 3.43. The summed E-state index contributed by atoms with van der Waals surface area (Å²) in [4.78, 5) is 13.0. The molecule has 44 heavy (non-hydrogen) atoms. The van der Waals surface area contributed by atoms with Crippen molar-refractivity contribution in [3.05, 3.63) is 82.4 Å². The van der Waals surface area contributed by atoms with Crippen molar-refractivity contribution >= 4 is 31.1 Å². The molecule has 0 saturated carbocycles. The van der Waals surface area contributed by atoms with Gasteiger partial charge in [-0.2, -0.15) is 0 Å². The molecule has 3 aromatic carbocycles. The van der Waals surface area contributed by atoms with Crippen LogP contribution < -0.4 is 10.9 Å². The van der Waals surface area contributed by atoms with Gasteiger partial charge in [0.1, 0.15) is 0 Å². The highest BCUT2D eigenvalue weighted by atomic mass is 16.7. The van der Waals surface area contributed by atoms with Crippen LogP contribution in [0.3, 0.4) is 0 Å². The monoisotopic (exact) mass is 594 g/mol. The first-order valence-corrected chi connectivity index (χ1v) is 15.7. The van der Waals surface area contributed by atoms with E-state index < -0.39 is 42.1 Å². The molecule has 2 fully saturated rings. The van der Waals surface area contributed by atoms with Gasteiger partial charge in [0, 0.05) is 5.41 Å². The third-order valence-corrected chi connectivity index (χ3v) is 10.8. The Labute approximate surface area is 263 Å². The molecule has 0 atom stereocenters. The maximum Gasteiger partial charge on any atom is 0.494 e. The number of hydrogen-bond acceptors (Lipinski definition) is 6. The minimum Gasteiger partial charge on any atom is -0.462 e. The van der Waals surface area contributed by atoms with Crippen molar-refractivity contribution in [2.24, 2.45) is 0 Å². The molecule has 0 bridgehead atoms. The Hall–Kier alpha value is -2.90. The van der Waals surface area contributed by atoms with Crippen LogP contribution in [0, 0.1) is 6.92 Å². The van der Waals surface area contributed by atoms with Crippen LogP contribution in [0.1, 0.15) is 102 Å². The van der Waals surface area contributed by atoms with Crippen molar-refractivity contribution in [2.45, 2.75) is 104 Å². The summed E-state index contributed by atoms with van der Waals surface area (Å²) in [5, 5.41) is 0. The van der Waals surface area contributed by atoms with Gasteiger partial charge in [0.25, 0.3) is 0 Å². The van der Waals surface area contributed by atoms with Crippen molar-refractivity contribution in [2.75, 3.05) is 6.61 Å². The highest BCUT2D eigenvalue weighted by Gasteiger charge is 2.54. The van der Waals surface area contributed by atoms with Gasteiger partial charge in [-0.25, -0.2) is 4.79 Å². The third-order valence-electron chi connectivity index (χ3n) is 10.8. The molecule has 3 aromatic rings.